The normalized spacial score (nSPS) is 14.7. The molecule has 9 heteroatoms. The highest BCUT2D eigenvalue weighted by Crippen LogP contribution is 2.29. The molecule has 4 aromatic rings. The van der Waals surface area contributed by atoms with Gasteiger partial charge >= 0.3 is 6.18 Å². The number of nitriles is 1. The molecule has 1 aliphatic rings. The monoisotopic (exact) mass is 532 g/mol. The predicted octanol–water partition coefficient (Wildman–Crippen LogP) is 6.13. The van der Waals surface area contributed by atoms with Crippen LogP contribution in [0, 0.1) is 11.3 Å². The van der Waals surface area contributed by atoms with Crippen molar-refractivity contribution in [2.24, 2.45) is 0 Å². The second-order valence-electron chi connectivity index (χ2n) is 9.55. The molecular formula is C30H27F3N4O2. The van der Waals surface area contributed by atoms with Crippen LogP contribution in [0.1, 0.15) is 27.9 Å². The lowest BCUT2D eigenvalue weighted by Gasteiger charge is -2.34. The van der Waals surface area contributed by atoms with E-state index in [0.29, 0.717) is 31.0 Å². The third kappa shape index (κ3) is 7.05. The lowest BCUT2D eigenvalue weighted by Crippen LogP contribution is -2.45. The van der Waals surface area contributed by atoms with Gasteiger partial charge in [0, 0.05) is 50.9 Å². The zero-order chi connectivity index (χ0) is 27.2. The van der Waals surface area contributed by atoms with E-state index in [9.17, 15) is 13.2 Å². The molecule has 39 heavy (non-hydrogen) atoms. The molecule has 5 rings (SSSR count). The summed E-state index contributed by atoms with van der Waals surface area (Å²) in [7, 11) is 0. The van der Waals surface area contributed by atoms with Gasteiger partial charge in [0.25, 0.3) is 0 Å². The average Bonchev–Trinajstić information content (AvgIpc) is 3.41. The molecular weight excluding hydrogens is 505 g/mol. The van der Waals surface area contributed by atoms with Crippen LogP contribution in [0.5, 0.6) is 5.75 Å². The Morgan fingerprint density at radius 2 is 1.54 bits per heavy atom. The Hall–Kier alpha value is -4.13. The summed E-state index contributed by atoms with van der Waals surface area (Å²) in [5.41, 5.74) is 3.53. The van der Waals surface area contributed by atoms with Gasteiger partial charge in [0.1, 0.15) is 12.4 Å². The minimum absolute atomic E-state index is 0.374. The molecule has 0 aliphatic carbocycles. The minimum Gasteiger partial charge on any atom is -0.489 e. The number of piperazine rings is 1. The number of ether oxygens (including phenoxy) is 1. The van der Waals surface area contributed by atoms with Crippen LogP contribution in [0.15, 0.2) is 83.4 Å². The molecule has 0 radical (unpaired) electrons. The first-order valence-corrected chi connectivity index (χ1v) is 12.6. The first kappa shape index (κ1) is 26.5. The molecule has 200 valence electrons. The maximum absolute atomic E-state index is 12.8. The molecule has 0 amide bonds. The zero-order valence-electron chi connectivity index (χ0n) is 21.2. The first-order valence-electron chi connectivity index (χ1n) is 12.6. The largest absolute Gasteiger partial charge is 0.489 e. The summed E-state index contributed by atoms with van der Waals surface area (Å²) < 4.78 is 49.8. The van der Waals surface area contributed by atoms with Gasteiger partial charge in [-0.15, -0.1) is 0 Å². The van der Waals surface area contributed by atoms with Crippen molar-refractivity contribution in [3.8, 4) is 23.1 Å². The van der Waals surface area contributed by atoms with Gasteiger partial charge in [0.05, 0.1) is 22.9 Å². The van der Waals surface area contributed by atoms with Crippen molar-refractivity contribution in [1.82, 2.24) is 15.0 Å². The van der Waals surface area contributed by atoms with Gasteiger partial charge in [-0.3, -0.25) is 9.80 Å². The second-order valence-corrected chi connectivity index (χ2v) is 9.55. The van der Waals surface area contributed by atoms with Gasteiger partial charge in [-0.25, -0.2) is 0 Å². The summed E-state index contributed by atoms with van der Waals surface area (Å²) in [6.07, 6.45) is -4.31. The Kier molecular flexibility index (Phi) is 7.96. The predicted molar refractivity (Wildman–Crippen MR) is 139 cm³/mol. The van der Waals surface area contributed by atoms with E-state index in [0.717, 1.165) is 66.4 Å². The van der Waals surface area contributed by atoms with Gasteiger partial charge in [-0.2, -0.15) is 18.4 Å². The highest BCUT2D eigenvalue weighted by Gasteiger charge is 2.30. The smallest absolute Gasteiger partial charge is 0.416 e. The zero-order valence-corrected chi connectivity index (χ0v) is 21.2. The maximum Gasteiger partial charge on any atom is 0.416 e. The molecule has 0 atom stereocenters. The number of hydrogen-bond acceptors (Lipinski definition) is 6. The van der Waals surface area contributed by atoms with Crippen LogP contribution in [0.3, 0.4) is 0 Å². The van der Waals surface area contributed by atoms with Crippen molar-refractivity contribution in [1.29, 1.82) is 5.26 Å². The number of halogens is 3. The van der Waals surface area contributed by atoms with Gasteiger partial charge in [0.15, 0.2) is 5.76 Å². The Morgan fingerprint density at radius 1 is 0.846 bits per heavy atom. The third-order valence-electron chi connectivity index (χ3n) is 6.70. The second kappa shape index (κ2) is 11.7. The van der Waals surface area contributed by atoms with Crippen molar-refractivity contribution in [3.05, 3.63) is 107 Å². The van der Waals surface area contributed by atoms with Crippen molar-refractivity contribution in [2.45, 2.75) is 25.9 Å². The number of aromatic nitrogens is 1. The molecule has 1 saturated heterocycles. The topological polar surface area (TPSA) is 65.5 Å². The van der Waals surface area contributed by atoms with Gasteiger partial charge in [-0.05, 0) is 59.7 Å². The summed E-state index contributed by atoms with van der Waals surface area (Å²) >= 11 is 0. The Balaban J connectivity index is 1.09. The summed E-state index contributed by atoms with van der Waals surface area (Å²) in [5.74, 6) is 1.40. The Bertz CT molecular complexity index is 1420. The van der Waals surface area contributed by atoms with Gasteiger partial charge < -0.3 is 9.26 Å². The van der Waals surface area contributed by atoms with Crippen molar-refractivity contribution < 1.29 is 22.4 Å². The van der Waals surface area contributed by atoms with E-state index in [4.69, 9.17) is 14.5 Å². The van der Waals surface area contributed by atoms with Crippen molar-refractivity contribution >= 4 is 0 Å². The van der Waals surface area contributed by atoms with Crippen LogP contribution in [0.2, 0.25) is 0 Å². The quantitative estimate of drug-likeness (QED) is 0.272. The van der Waals surface area contributed by atoms with Gasteiger partial charge in [0.2, 0.25) is 0 Å². The van der Waals surface area contributed by atoms with Crippen LogP contribution in [0.25, 0.3) is 11.3 Å². The lowest BCUT2D eigenvalue weighted by molar-refractivity contribution is -0.137. The fourth-order valence-electron chi connectivity index (χ4n) is 4.53. The molecule has 1 aromatic heterocycles. The summed E-state index contributed by atoms with van der Waals surface area (Å²) in [6.45, 7) is 5.01. The fraction of sp³-hybridized carbons (Fsp3) is 0.267. The van der Waals surface area contributed by atoms with E-state index in [2.05, 4.69) is 21.0 Å². The number of benzene rings is 3. The SMILES string of the molecule is N#Cc1cccc(COc2ccc(-c3cc(CN4CCN(Cc5ccc(C(F)(F)F)cc5)CC4)no3)cc2)c1. The van der Waals surface area contributed by atoms with E-state index in [1.165, 1.54) is 0 Å². The number of hydrogen-bond donors (Lipinski definition) is 0. The number of alkyl halides is 3. The summed E-state index contributed by atoms with van der Waals surface area (Å²) in [6, 6.07) is 24.4. The number of rotatable bonds is 8. The lowest BCUT2D eigenvalue weighted by atomic mass is 10.1. The fourth-order valence-corrected chi connectivity index (χ4v) is 4.53. The Morgan fingerprint density at radius 3 is 2.21 bits per heavy atom. The molecule has 0 N–H and O–H groups in total. The molecule has 1 aliphatic heterocycles. The molecule has 0 bridgehead atoms. The first-order chi connectivity index (χ1) is 18.9. The molecule has 6 nitrogen and oxygen atoms in total. The molecule has 0 unspecified atom stereocenters. The van der Waals surface area contributed by atoms with Crippen LogP contribution in [0.4, 0.5) is 13.2 Å². The maximum atomic E-state index is 12.8. The highest BCUT2D eigenvalue weighted by atomic mass is 19.4. The summed E-state index contributed by atoms with van der Waals surface area (Å²) in [5, 5.41) is 13.3. The standard InChI is InChI=1S/C30H27F3N4O2/c31-30(32,33)26-8-4-22(5-9-26)19-36-12-14-37(15-13-36)20-27-17-29(39-35-27)25-6-10-28(11-7-25)38-21-24-3-1-2-23(16-24)18-34/h1-11,16-17H,12-15,19-21H2. The van der Waals surface area contributed by atoms with Crippen LogP contribution >= 0.6 is 0 Å². The van der Waals surface area contributed by atoms with E-state index < -0.39 is 11.7 Å². The van der Waals surface area contributed by atoms with Gasteiger partial charge in [-0.1, -0.05) is 29.4 Å². The molecule has 2 heterocycles. The minimum atomic E-state index is -4.31. The molecule has 0 spiro atoms. The molecule has 0 saturated carbocycles. The molecule has 1 fully saturated rings. The summed E-state index contributed by atoms with van der Waals surface area (Å²) in [4.78, 5) is 4.54. The van der Waals surface area contributed by atoms with Crippen LogP contribution < -0.4 is 4.74 Å². The third-order valence-corrected chi connectivity index (χ3v) is 6.70. The Labute approximate surface area is 224 Å². The van der Waals surface area contributed by atoms with Crippen molar-refractivity contribution in [3.63, 3.8) is 0 Å². The highest BCUT2D eigenvalue weighted by molar-refractivity contribution is 5.58. The molecule has 3 aromatic carbocycles. The van der Waals surface area contributed by atoms with E-state index in [1.54, 1.807) is 18.2 Å². The van der Waals surface area contributed by atoms with E-state index in [-0.39, 0.29) is 0 Å². The van der Waals surface area contributed by atoms with Crippen LogP contribution in [-0.2, 0) is 25.9 Å². The number of nitrogens with zero attached hydrogens (tertiary/aromatic N) is 4. The average molecular weight is 533 g/mol. The van der Waals surface area contributed by atoms with Crippen LogP contribution in [-0.4, -0.2) is 41.1 Å². The van der Waals surface area contributed by atoms with E-state index in [1.807, 2.05) is 48.5 Å². The van der Waals surface area contributed by atoms with E-state index >= 15 is 0 Å². The van der Waals surface area contributed by atoms with Crippen molar-refractivity contribution in [2.75, 3.05) is 26.2 Å².